The van der Waals surface area contributed by atoms with E-state index in [1.807, 2.05) is 0 Å². The second kappa shape index (κ2) is 2.36. The molecule has 0 aromatic rings. The Balaban J connectivity index is 2.06. The van der Waals surface area contributed by atoms with Gasteiger partial charge in [0, 0.05) is 19.3 Å². The lowest BCUT2D eigenvalue weighted by molar-refractivity contribution is -0.213. The molecule has 15 heavy (non-hydrogen) atoms. The molecule has 1 nitrogen and oxygen atoms in total. The highest BCUT2D eigenvalue weighted by Gasteiger charge is 2.69. The normalized spacial score (nSPS) is 62.4. The van der Waals surface area contributed by atoms with Crippen LogP contribution in [-0.4, -0.2) is 23.6 Å². The molecule has 0 aromatic carbocycles. The smallest absolute Gasteiger partial charge is 0.117 e. The quantitative estimate of drug-likeness (QED) is 0.720. The third-order valence-electron chi connectivity index (χ3n) is 4.41. The van der Waals surface area contributed by atoms with Crippen molar-refractivity contribution >= 4 is 0 Å². The number of alkyl halides is 3. The lowest BCUT2D eigenvalue weighted by atomic mass is 9.46. The van der Waals surface area contributed by atoms with Crippen molar-refractivity contribution in [2.45, 2.75) is 55.5 Å². The summed E-state index contributed by atoms with van der Waals surface area (Å²) in [5.74, 6) is 0. The lowest BCUT2D eigenvalue weighted by Crippen LogP contribution is -2.66. The predicted octanol–water partition coefficient (Wildman–Crippen LogP) is 2.44. The predicted molar refractivity (Wildman–Crippen MR) is 50.7 cm³/mol. The van der Waals surface area contributed by atoms with Crippen molar-refractivity contribution in [2.24, 2.45) is 11.1 Å². The highest BCUT2D eigenvalue weighted by molar-refractivity contribution is 5.20. The Morgan fingerprint density at radius 3 is 1.33 bits per heavy atom. The summed E-state index contributed by atoms with van der Waals surface area (Å²) in [5, 5.41) is 0. The van der Waals surface area contributed by atoms with Crippen molar-refractivity contribution in [3.63, 3.8) is 0 Å². The fourth-order valence-electron chi connectivity index (χ4n) is 4.69. The van der Waals surface area contributed by atoms with Crippen LogP contribution in [0.25, 0.3) is 0 Å². The Hall–Kier alpha value is -0.250. The molecule has 86 valence electrons. The van der Waals surface area contributed by atoms with Crippen molar-refractivity contribution < 1.29 is 13.2 Å². The van der Waals surface area contributed by atoms with Gasteiger partial charge in [-0.3, -0.25) is 0 Å². The lowest BCUT2D eigenvalue weighted by Gasteiger charge is -2.63. The molecule has 0 spiro atoms. The number of hydrogen-bond acceptors (Lipinski definition) is 1. The van der Waals surface area contributed by atoms with Crippen LogP contribution >= 0.6 is 0 Å². The van der Waals surface area contributed by atoms with Gasteiger partial charge < -0.3 is 5.73 Å². The van der Waals surface area contributed by atoms with Crippen LogP contribution < -0.4 is 5.73 Å². The summed E-state index contributed by atoms with van der Waals surface area (Å²) in [6.45, 7) is 0.204. The first-order chi connectivity index (χ1) is 6.80. The standard InChI is InChI=1S/C11H16F3N/c12-9-1-8(7-15)2-10(13,4-9)6-11(14,3-8)5-9/h1-7,15H2. The van der Waals surface area contributed by atoms with Gasteiger partial charge in [-0.1, -0.05) is 0 Å². The summed E-state index contributed by atoms with van der Waals surface area (Å²) in [6, 6.07) is 0. The average Bonchev–Trinajstić information content (AvgIpc) is 1.94. The van der Waals surface area contributed by atoms with Gasteiger partial charge in [0.05, 0.1) is 0 Å². The van der Waals surface area contributed by atoms with E-state index in [0.29, 0.717) is 0 Å². The minimum Gasteiger partial charge on any atom is -0.330 e. The maximum absolute atomic E-state index is 14.3. The van der Waals surface area contributed by atoms with E-state index in [2.05, 4.69) is 0 Å². The molecule has 4 rings (SSSR count). The third-order valence-corrected chi connectivity index (χ3v) is 4.41. The maximum Gasteiger partial charge on any atom is 0.117 e. The summed E-state index contributed by atoms with van der Waals surface area (Å²) < 4.78 is 42.8. The maximum atomic E-state index is 14.3. The van der Waals surface area contributed by atoms with Gasteiger partial charge in [-0.2, -0.15) is 0 Å². The molecule has 0 saturated heterocycles. The highest BCUT2D eigenvalue weighted by Crippen LogP contribution is 2.67. The molecule has 4 aliphatic rings. The van der Waals surface area contributed by atoms with Crippen molar-refractivity contribution in [3.05, 3.63) is 0 Å². The van der Waals surface area contributed by atoms with Gasteiger partial charge in [0.15, 0.2) is 0 Å². The molecule has 4 aliphatic carbocycles. The third kappa shape index (κ3) is 1.26. The van der Waals surface area contributed by atoms with Crippen molar-refractivity contribution in [2.75, 3.05) is 6.54 Å². The van der Waals surface area contributed by atoms with Crippen LogP contribution in [0.1, 0.15) is 38.5 Å². The number of rotatable bonds is 1. The fourth-order valence-corrected chi connectivity index (χ4v) is 4.69. The summed E-state index contributed by atoms with van der Waals surface area (Å²) in [7, 11) is 0. The second-order valence-electron chi connectivity index (χ2n) is 6.22. The molecule has 4 bridgehead atoms. The van der Waals surface area contributed by atoms with Crippen LogP contribution in [0.5, 0.6) is 0 Å². The Morgan fingerprint density at radius 1 is 0.733 bits per heavy atom. The molecular weight excluding hydrogens is 203 g/mol. The Kier molecular flexibility index (Phi) is 1.57. The molecule has 2 N–H and O–H groups in total. The number of halogens is 3. The first kappa shape index (κ1) is 9.94. The zero-order valence-corrected chi connectivity index (χ0v) is 8.66. The second-order valence-corrected chi connectivity index (χ2v) is 6.22. The van der Waals surface area contributed by atoms with Crippen LogP contribution in [0.2, 0.25) is 0 Å². The van der Waals surface area contributed by atoms with Crippen LogP contribution in [0, 0.1) is 5.41 Å². The van der Waals surface area contributed by atoms with Crippen LogP contribution in [0.4, 0.5) is 13.2 Å². The fraction of sp³-hybridized carbons (Fsp3) is 1.00. The zero-order chi connectivity index (χ0) is 10.9. The van der Waals surface area contributed by atoms with E-state index in [9.17, 15) is 13.2 Å². The minimum atomic E-state index is -1.64. The van der Waals surface area contributed by atoms with E-state index in [1.165, 1.54) is 0 Å². The Bertz CT molecular complexity index is 263. The Morgan fingerprint density at radius 2 is 1.07 bits per heavy atom. The molecule has 4 heteroatoms. The average molecular weight is 219 g/mol. The van der Waals surface area contributed by atoms with E-state index in [4.69, 9.17) is 5.73 Å². The number of nitrogens with two attached hydrogens (primary N) is 1. The van der Waals surface area contributed by atoms with Gasteiger partial charge in [0.25, 0.3) is 0 Å². The van der Waals surface area contributed by atoms with E-state index in [0.717, 1.165) is 0 Å². The molecule has 0 aliphatic heterocycles. The van der Waals surface area contributed by atoms with Crippen molar-refractivity contribution in [1.82, 2.24) is 0 Å². The molecule has 4 fully saturated rings. The van der Waals surface area contributed by atoms with Crippen molar-refractivity contribution in [3.8, 4) is 0 Å². The van der Waals surface area contributed by atoms with Gasteiger partial charge in [-0.05, 0) is 31.2 Å². The molecule has 0 heterocycles. The molecule has 0 unspecified atom stereocenters. The van der Waals surface area contributed by atoms with E-state index in [1.54, 1.807) is 0 Å². The topological polar surface area (TPSA) is 26.0 Å². The zero-order valence-electron chi connectivity index (χ0n) is 8.66. The van der Waals surface area contributed by atoms with Gasteiger partial charge in [-0.25, -0.2) is 13.2 Å². The molecule has 0 radical (unpaired) electrons. The largest absolute Gasteiger partial charge is 0.330 e. The first-order valence-electron chi connectivity index (χ1n) is 5.57. The molecule has 4 saturated carbocycles. The minimum absolute atomic E-state index is 0.118. The van der Waals surface area contributed by atoms with Gasteiger partial charge in [0.1, 0.15) is 17.0 Å². The summed E-state index contributed by atoms with van der Waals surface area (Å²) in [6.07, 6.45) is 0.420. The summed E-state index contributed by atoms with van der Waals surface area (Å²) >= 11 is 0. The van der Waals surface area contributed by atoms with Crippen LogP contribution in [0.15, 0.2) is 0 Å². The van der Waals surface area contributed by atoms with Gasteiger partial charge >= 0.3 is 0 Å². The van der Waals surface area contributed by atoms with Crippen molar-refractivity contribution in [1.29, 1.82) is 0 Å². The highest BCUT2D eigenvalue weighted by atomic mass is 19.2. The van der Waals surface area contributed by atoms with Gasteiger partial charge in [-0.15, -0.1) is 0 Å². The SMILES string of the molecule is NCC12CC3(F)CC(F)(CC(F)(C3)C1)C2. The monoisotopic (exact) mass is 219 g/mol. The first-order valence-corrected chi connectivity index (χ1v) is 5.57. The Labute approximate surface area is 87.2 Å². The van der Waals surface area contributed by atoms with Gasteiger partial charge in [0.2, 0.25) is 0 Å². The summed E-state index contributed by atoms with van der Waals surface area (Å²) in [5.41, 5.74) is 0.0625. The van der Waals surface area contributed by atoms with Crippen LogP contribution in [-0.2, 0) is 0 Å². The molecular formula is C11H16F3N. The summed E-state index contributed by atoms with van der Waals surface area (Å²) in [4.78, 5) is 0. The molecule has 0 aromatic heterocycles. The van der Waals surface area contributed by atoms with Crippen LogP contribution in [0.3, 0.4) is 0 Å². The van der Waals surface area contributed by atoms with E-state index in [-0.39, 0.29) is 45.1 Å². The number of hydrogen-bond donors (Lipinski definition) is 1. The molecule has 0 amide bonds. The molecule has 0 atom stereocenters. The van der Waals surface area contributed by atoms with E-state index >= 15 is 0 Å². The van der Waals surface area contributed by atoms with E-state index < -0.39 is 22.4 Å².